The van der Waals surface area contributed by atoms with Crippen molar-refractivity contribution in [1.29, 1.82) is 0 Å². The van der Waals surface area contributed by atoms with Gasteiger partial charge < -0.3 is 20.5 Å². The molecule has 2 rings (SSSR count). The van der Waals surface area contributed by atoms with Gasteiger partial charge in [0.05, 0.1) is 6.04 Å². The summed E-state index contributed by atoms with van der Waals surface area (Å²) in [6.07, 6.45) is 3.64. The van der Waals surface area contributed by atoms with Crippen LogP contribution in [0.1, 0.15) is 38.1 Å². The van der Waals surface area contributed by atoms with Crippen molar-refractivity contribution in [2.45, 2.75) is 32.2 Å². The van der Waals surface area contributed by atoms with Gasteiger partial charge in [-0.05, 0) is 25.7 Å². The van der Waals surface area contributed by atoms with E-state index in [9.17, 15) is 9.59 Å². The molecular formula is C13H22N6O2. The molecule has 1 aromatic rings. The second-order valence-corrected chi connectivity index (χ2v) is 5.57. The van der Waals surface area contributed by atoms with Gasteiger partial charge in [0.1, 0.15) is 6.33 Å². The third-order valence-electron chi connectivity index (χ3n) is 3.87. The average molecular weight is 294 g/mol. The number of urea groups is 1. The Morgan fingerprint density at radius 1 is 1.48 bits per heavy atom. The van der Waals surface area contributed by atoms with Crippen molar-refractivity contribution in [1.82, 2.24) is 25.0 Å². The van der Waals surface area contributed by atoms with E-state index in [1.165, 1.54) is 0 Å². The zero-order valence-electron chi connectivity index (χ0n) is 12.5. The Kier molecular flexibility index (Phi) is 4.77. The number of rotatable bonds is 4. The van der Waals surface area contributed by atoms with Gasteiger partial charge in [-0.1, -0.05) is 0 Å². The lowest BCUT2D eigenvalue weighted by Crippen LogP contribution is -2.45. The summed E-state index contributed by atoms with van der Waals surface area (Å²) in [5, 5.41) is 10.7. The molecule has 1 unspecified atom stereocenters. The molecule has 8 nitrogen and oxygen atoms in total. The normalized spacial score (nSPS) is 17.5. The maximum Gasteiger partial charge on any atom is 0.317 e. The summed E-state index contributed by atoms with van der Waals surface area (Å²) in [7, 11) is 1.84. The van der Waals surface area contributed by atoms with Crippen molar-refractivity contribution in [3.05, 3.63) is 12.2 Å². The zero-order chi connectivity index (χ0) is 15.4. The zero-order valence-corrected chi connectivity index (χ0v) is 12.5. The number of carbonyl (C=O) groups excluding carboxylic acids is 2. The number of nitrogens with one attached hydrogen (secondary N) is 1. The Labute approximate surface area is 123 Å². The molecule has 0 radical (unpaired) electrons. The predicted octanol–water partition coefficient (Wildman–Crippen LogP) is 0.173. The van der Waals surface area contributed by atoms with Gasteiger partial charge in [0.25, 0.3) is 0 Å². The number of amides is 3. The van der Waals surface area contributed by atoms with Crippen LogP contribution < -0.4 is 11.1 Å². The van der Waals surface area contributed by atoms with Crippen LogP contribution in [0.15, 0.2) is 6.33 Å². The number of aryl methyl sites for hydroxylation is 1. The number of hydrogen-bond acceptors (Lipinski definition) is 4. The van der Waals surface area contributed by atoms with Crippen molar-refractivity contribution in [3.8, 4) is 0 Å². The maximum absolute atomic E-state index is 12.2. The van der Waals surface area contributed by atoms with Gasteiger partial charge in [-0.2, -0.15) is 0 Å². The first-order valence-corrected chi connectivity index (χ1v) is 7.15. The second kappa shape index (κ2) is 6.55. The molecule has 0 saturated carbocycles. The van der Waals surface area contributed by atoms with Crippen LogP contribution in [-0.4, -0.2) is 44.7 Å². The lowest BCUT2D eigenvalue weighted by Gasteiger charge is -2.32. The molecule has 3 amide bonds. The van der Waals surface area contributed by atoms with Gasteiger partial charge in [-0.3, -0.25) is 4.79 Å². The van der Waals surface area contributed by atoms with Gasteiger partial charge in [0, 0.05) is 26.6 Å². The average Bonchev–Trinajstić information content (AvgIpc) is 2.85. The van der Waals surface area contributed by atoms with Crippen molar-refractivity contribution in [3.63, 3.8) is 0 Å². The van der Waals surface area contributed by atoms with Crippen molar-refractivity contribution in [2.75, 3.05) is 13.1 Å². The van der Waals surface area contributed by atoms with Crippen molar-refractivity contribution >= 4 is 11.9 Å². The van der Waals surface area contributed by atoms with Crippen molar-refractivity contribution in [2.24, 2.45) is 18.7 Å². The van der Waals surface area contributed by atoms with E-state index >= 15 is 0 Å². The van der Waals surface area contributed by atoms with E-state index in [1.54, 1.807) is 15.8 Å². The number of carbonyl (C=O) groups is 2. The van der Waals surface area contributed by atoms with Crippen LogP contribution in [-0.2, 0) is 11.8 Å². The number of nitrogens with two attached hydrogens (primary N) is 1. The van der Waals surface area contributed by atoms with Gasteiger partial charge in [-0.25, -0.2) is 4.79 Å². The fraction of sp³-hybridized carbons (Fsp3) is 0.692. The minimum Gasteiger partial charge on any atom is -0.370 e. The first kappa shape index (κ1) is 15.3. The minimum atomic E-state index is -0.270. The number of piperidine rings is 1. The molecule has 1 fully saturated rings. The molecule has 8 heteroatoms. The lowest BCUT2D eigenvalue weighted by molar-refractivity contribution is -0.119. The van der Waals surface area contributed by atoms with E-state index in [0.717, 1.165) is 12.8 Å². The Bertz CT molecular complexity index is 507. The highest BCUT2D eigenvalue weighted by Gasteiger charge is 2.25. The van der Waals surface area contributed by atoms with E-state index in [1.807, 2.05) is 14.0 Å². The summed E-state index contributed by atoms with van der Waals surface area (Å²) in [4.78, 5) is 24.9. The highest BCUT2D eigenvalue weighted by Crippen LogP contribution is 2.20. The molecule has 21 heavy (non-hydrogen) atoms. The molecule has 1 aromatic heterocycles. The fourth-order valence-electron chi connectivity index (χ4n) is 2.65. The summed E-state index contributed by atoms with van der Waals surface area (Å²) in [5.41, 5.74) is 5.20. The van der Waals surface area contributed by atoms with Crippen LogP contribution in [0.2, 0.25) is 0 Å². The molecule has 0 spiro atoms. The summed E-state index contributed by atoms with van der Waals surface area (Å²) < 4.78 is 1.78. The molecule has 0 aromatic carbocycles. The largest absolute Gasteiger partial charge is 0.370 e. The molecule has 1 atom stereocenters. The third kappa shape index (κ3) is 3.93. The van der Waals surface area contributed by atoms with Crippen LogP contribution in [0.3, 0.4) is 0 Å². The van der Waals surface area contributed by atoms with Gasteiger partial charge >= 0.3 is 6.03 Å². The van der Waals surface area contributed by atoms with Crippen LogP contribution >= 0.6 is 0 Å². The number of hydrogen-bond donors (Lipinski definition) is 2. The standard InChI is InChI=1S/C13H22N6O2/c1-9(12-17-15-8-18(12)2)16-13(21)19-5-3-10(4-6-19)7-11(14)20/h8-10H,3-7H2,1-2H3,(H2,14,20)(H,16,21). The van der Waals surface area contributed by atoms with Gasteiger partial charge in [0.15, 0.2) is 5.82 Å². The molecule has 3 N–H and O–H groups in total. The molecule has 1 aliphatic heterocycles. The molecule has 1 aliphatic rings. The topological polar surface area (TPSA) is 106 Å². The fourth-order valence-corrected chi connectivity index (χ4v) is 2.65. The lowest BCUT2D eigenvalue weighted by atomic mass is 9.93. The predicted molar refractivity (Wildman–Crippen MR) is 76.1 cm³/mol. The highest BCUT2D eigenvalue weighted by atomic mass is 16.2. The molecule has 0 aliphatic carbocycles. The van der Waals surface area contributed by atoms with Crippen LogP contribution in [0.4, 0.5) is 4.79 Å². The molecular weight excluding hydrogens is 272 g/mol. The minimum absolute atomic E-state index is 0.108. The van der Waals surface area contributed by atoms with Crippen LogP contribution in [0.25, 0.3) is 0 Å². The van der Waals surface area contributed by atoms with Gasteiger partial charge in [0.2, 0.25) is 5.91 Å². The maximum atomic E-state index is 12.2. The van der Waals surface area contributed by atoms with Crippen molar-refractivity contribution < 1.29 is 9.59 Å². The number of aromatic nitrogens is 3. The summed E-state index contributed by atoms with van der Waals surface area (Å²) >= 11 is 0. The summed E-state index contributed by atoms with van der Waals surface area (Å²) in [6, 6.07) is -0.309. The Morgan fingerprint density at radius 3 is 2.67 bits per heavy atom. The number of nitrogens with zero attached hydrogens (tertiary/aromatic N) is 4. The molecule has 1 saturated heterocycles. The van der Waals surface area contributed by atoms with E-state index in [2.05, 4.69) is 15.5 Å². The second-order valence-electron chi connectivity index (χ2n) is 5.57. The smallest absolute Gasteiger partial charge is 0.317 e. The summed E-state index contributed by atoms with van der Waals surface area (Å²) in [6.45, 7) is 3.17. The first-order chi connectivity index (χ1) is 9.97. The first-order valence-electron chi connectivity index (χ1n) is 7.15. The quantitative estimate of drug-likeness (QED) is 0.825. The number of likely N-dealkylation sites (tertiary alicyclic amines) is 1. The summed E-state index contributed by atoms with van der Waals surface area (Å²) in [5.74, 6) is 0.739. The number of primary amides is 1. The van der Waals surface area contributed by atoms with Crippen LogP contribution in [0, 0.1) is 5.92 Å². The van der Waals surface area contributed by atoms with E-state index in [-0.39, 0.29) is 18.0 Å². The molecule has 116 valence electrons. The molecule has 0 bridgehead atoms. The molecule has 2 heterocycles. The van der Waals surface area contributed by atoms with Gasteiger partial charge in [-0.15, -0.1) is 10.2 Å². The Morgan fingerprint density at radius 2 is 2.14 bits per heavy atom. The van der Waals surface area contributed by atoms with E-state index < -0.39 is 0 Å². The van der Waals surface area contributed by atoms with Crippen LogP contribution in [0.5, 0.6) is 0 Å². The Balaban J connectivity index is 1.82. The monoisotopic (exact) mass is 294 g/mol. The Hall–Kier alpha value is -2.12. The van der Waals surface area contributed by atoms with E-state index in [0.29, 0.717) is 31.3 Å². The van der Waals surface area contributed by atoms with E-state index in [4.69, 9.17) is 5.73 Å². The third-order valence-corrected chi connectivity index (χ3v) is 3.87. The highest BCUT2D eigenvalue weighted by molar-refractivity contribution is 5.75. The SMILES string of the molecule is CC(NC(=O)N1CCC(CC(N)=O)CC1)c1nncn1C.